The van der Waals surface area contributed by atoms with Crippen LogP contribution >= 0.6 is 38.5 Å². The van der Waals surface area contributed by atoms with Gasteiger partial charge in [0, 0.05) is 38.2 Å². The zero-order chi connectivity index (χ0) is 20.7. The molecule has 0 aliphatic carbocycles. The second-order valence-corrected chi connectivity index (χ2v) is 7.63. The SMILES string of the molecule is O=C(CCC(=O)Nc1ccc(I)cc1)NN=Cc1cc(Br)cc([N+](=O)[O-])c1O. The number of nitrogens with zero attached hydrogens (tertiary/aromatic N) is 2. The minimum Gasteiger partial charge on any atom is -0.502 e. The number of nitrogens with one attached hydrogen (secondary N) is 2. The number of benzene rings is 2. The molecule has 0 aliphatic rings. The molecule has 0 fully saturated rings. The van der Waals surface area contributed by atoms with E-state index in [1.54, 1.807) is 12.1 Å². The van der Waals surface area contributed by atoms with Crippen molar-refractivity contribution in [1.29, 1.82) is 0 Å². The van der Waals surface area contributed by atoms with Gasteiger partial charge in [0.1, 0.15) is 0 Å². The summed E-state index contributed by atoms with van der Waals surface area (Å²) in [5.74, 6) is -1.40. The lowest BCUT2D eigenvalue weighted by atomic mass is 10.2. The molecule has 0 atom stereocenters. The molecule has 3 N–H and O–H groups in total. The summed E-state index contributed by atoms with van der Waals surface area (Å²) in [6, 6.07) is 9.77. The Kier molecular flexibility index (Phi) is 7.87. The summed E-state index contributed by atoms with van der Waals surface area (Å²) in [4.78, 5) is 33.8. The van der Waals surface area contributed by atoms with Gasteiger partial charge in [-0.05, 0) is 52.9 Å². The standard InChI is InChI=1S/C17H14BrIN4O5/c18-11-7-10(17(26)14(8-11)23(27)28)9-20-22-16(25)6-5-15(24)21-13-3-1-12(19)2-4-13/h1-4,7-9,26H,5-6H2,(H,21,24)(H,22,25). The van der Waals surface area contributed by atoms with Crippen molar-refractivity contribution in [2.75, 3.05) is 5.32 Å². The fourth-order valence-electron chi connectivity index (χ4n) is 2.06. The molecule has 2 aromatic rings. The molecular weight excluding hydrogens is 547 g/mol. The minimum atomic E-state index is -0.734. The maximum Gasteiger partial charge on any atom is 0.312 e. The molecule has 0 saturated heterocycles. The van der Waals surface area contributed by atoms with Crippen LogP contribution in [0, 0.1) is 13.7 Å². The third kappa shape index (κ3) is 6.56. The van der Waals surface area contributed by atoms with Gasteiger partial charge < -0.3 is 10.4 Å². The van der Waals surface area contributed by atoms with Crippen molar-refractivity contribution in [3.8, 4) is 5.75 Å². The summed E-state index contributed by atoms with van der Waals surface area (Å²) in [5, 5.41) is 27.1. The van der Waals surface area contributed by atoms with Crippen molar-refractivity contribution in [3.63, 3.8) is 0 Å². The molecule has 0 radical (unpaired) electrons. The van der Waals surface area contributed by atoms with E-state index in [2.05, 4.69) is 54.4 Å². The first-order valence-electron chi connectivity index (χ1n) is 7.80. The third-order valence-electron chi connectivity index (χ3n) is 3.38. The normalized spacial score (nSPS) is 10.6. The van der Waals surface area contributed by atoms with Crippen LogP contribution in [0.25, 0.3) is 0 Å². The fraction of sp³-hybridized carbons (Fsp3) is 0.118. The van der Waals surface area contributed by atoms with E-state index >= 15 is 0 Å². The zero-order valence-electron chi connectivity index (χ0n) is 14.2. The second kappa shape index (κ2) is 10.1. The largest absolute Gasteiger partial charge is 0.502 e. The van der Waals surface area contributed by atoms with Gasteiger partial charge in [-0.1, -0.05) is 15.9 Å². The average Bonchev–Trinajstić information content (AvgIpc) is 2.64. The monoisotopic (exact) mass is 560 g/mol. The predicted octanol–water partition coefficient (Wildman–Crippen LogP) is 3.54. The number of hydrogen-bond acceptors (Lipinski definition) is 6. The summed E-state index contributed by atoms with van der Waals surface area (Å²) in [5.41, 5.74) is 2.40. The van der Waals surface area contributed by atoms with Crippen molar-refractivity contribution >= 4 is 67.9 Å². The van der Waals surface area contributed by atoms with Gasteiger partial charge in [0.05, 0.1) is 11.1 Å². The number of halogens is 2. The summed E-state index contributed by atoms with van der Waals surface area (Å²) in [7, 11) is 0. The Balaban J connectivity index is 1.86. The number of rotatable bonds is 7. The first kappa shape index (κ1) is 21.8. The highest BCUT2D eigenvalue weighted by atomic mass is 127. The van der Waals surface area contributed by atoms with Gasteiger partial charge in [0.25, 0.3) is 0 Å². The van der Waals surface area contributed by atoms with Crippen molar-refractivity contribution in [1.82, 2.24) is 5.43 Å². The Morgan fingerprint density at radius 2 is 1.86 bits per heavy atom. The first-order chi connectivity index (χ1) is 13.3. The molecule has 0 aromatic heterocycles. The molecule has 9 nitrogen and oxygen atoms in total. The number of phenolic OH excluding ortho intramolecular Hbond substituents is 1. The highest BCUT2D eigenvalue weighted by molar-refractivity contribution is 14.1. The van der Waals surface area contributed by atoms with Crippen LogP contribution < -0.4 is 10.7 Å². The van der Waals surface area contributed by atoms with Gasteiger partial charge in [0.2, 0.25) is 17.6 Å². The van der Waals surface area contributed by atoms with Crippen molar-refractivity contribution in [2.24, 2.45) is 5.10 Å². The summed E-state index contributed by atoms with van der Waals surface area (Å²) in [6.07, 6.45) is 0.940. The molecule has 0 heterocycles. The fourth-order valence-corrected chi connectivity index (χ4v) is 2.88. The topological polar surface area (TPSA) is 134 Å². The Morgan fingerprint density at radius 1 is 1.21 bits per heavy atom. The highest BCUT2D eigenvalue weighted by Gasteiger charge is 2.17. The van der Waals surface area contributed by atoms with Gasteiger partial charge >= 0.3 is 5.69 Å². The number of aromatic hydroxyl groups is 1. The number of amides is 2. The van der Waals surface area contributed by atoms with E-state index in [1.165, 1.54) is 6.07 Å². The van der Waals surface area contributed by atoms with Crippen LogP contribution in [0.4, 0.5) is 11.4 Å². The van der Waals surface area contributed by atoms with E-state index in [1.807, 2.05) is 12.1 Å². The van der Waals surface area contributed by atoms with Crippen LogP contribution in [-0.2, 0) is 9.59 Å². The lowest BCUT2D eigenvalue weighted by Crippen LogP contribution is -2.20. The van der Waals surface area contributed by atoms with Gasteiger partial charge in [0.15, 0.2) is 0 Å². The molecule has 11 heteroatoms. The molecule has 2 amide bonds. The van der Waals surface area contributed by atoms with E-state index in [0.29, 0.717) is 10.2 Å². The number of anilines is 1. The number of nitro benzene ring substituents is 1. The minimum absolute atomic E-state index is 0.0407. The first-order valence-corrected chi connectivity index (χ1v) is 9.67. The molecule has 0 bridgehead atoms. The molecule has 2 rings (SSSR count). The number of carbonyl (C=O) groups is 2. The quantitative estimate of drug-likeness (QED) is 0.206. The maximum atomic E-state index is 11.8. The van der Waals surface area contributed by atoms with E-state index in [4.69, 9.17) is 0 Å². The van der Waals surface area contributed by atoms with Gasteiger partial charge in [-0.15, -0.1) is 0 Å². The van der Waals surface area contributed by atoms with Gasteiger partial charge in [-0.2, -0.15) is 5.10 Å². The summed E-state index contributed by atoms with van der Waals surface area (Å²) in [6.45, 7) is 0. The molecule has 28 heavy (non-hydrogen) atoms. The third-order valence-corrected chi connectivity index (χ3v) is 4.56. The predicted molar refractivity (Wildman–Crippen MR) is 115 cm³/mol. The molecule has 0 saturated carbocycles. The lowest BCUT2D eigenvalue weighted by molar-refractivity contribution is -0.385. The van der Waals surface area contributed by atoms with E-state index in [0.717, 1.165) is 15.9 Å². The maximum absolute atomic E-state index is 11.8. The smallest absolute Gasteiger partial charge is 0.312 e. The lowest BCUT2D eigenvalue weighted by Gasteiger charge is -2.05. The molecule has 0 aliphatic heterocycles. The Bertz CT molecular complexity index is 934. The Morgan fingerprint density at radius 3 is 2.50 bits per heavy atom. The summed E-state index contributed by atoms with van der Waals surface area (Å²) < 4.78 is 1.41. The highest BCUT2D eigenvalue weighted by Crippen LogP contribution is 2.32. The number of nitro groups is 1. The number of phenols is 1. The average molecular weight is 561 g/mol. The Hall–Kier alpha value is -2.54. The van der Waals surface area contributed by atoms with Crippen molar-refractivity contribution < 1.29 is 19.6 Å². The van der Waals surface area contributed by atoms with Crippen LogP contribution in [0.1, 0.15) is 18.4 Å². The molecule has 0 unspecified atom stereocenters. The van der Waals surface area contributed by atoms with Crippen LogP contribution in [-0.4, -0.2) is 28.1 Å². The van der Waals surface area contributed by atoms with E-state index in [9.17, 15) is 24.8 Å². The van der Waals surface area contributed by atoms with Crippen molar-refractivity contribution in [3.05, 3.63) is 60.1 Å². The molecule has 146 valence electrons. The van der Waals surface area contributed by atoms with Crippen LogP contribution in [0.5, 0.6) is 5.75 Å². The molecule has 2 aromatic carbocycles. The van der Waals surface area contributed by atoms with E-state index in [-0.39, 0.29) is 24.3 Å². The van der Waals surface area contributed by atoms with Gasteiger partial charge in [-0.25, -0.2) is 5.43 Å². The number of hydrazone groups is 1. The van der Waals surface area contributed by atoms with Crippen LogP contribution in [0.15, 0.2) is 46.0 Å². The van der Waals surface area contributed by atoms with Gasteiger partial charge in [-0.3, -0.25) is 19.7 Å². The van der Waals surface area contributed by atoms with Crippen molar-refractivity contribution in [2.45, 2.75) is 12.8 Å². The summed E-state index contributed by atoms with van der Waals surface area (Å²) >= 11 is 5.25. The zero-order valence-corrected chi connectivity index (χ0v) is 17.9. The molecular formula is C17H14BrIN4O5. The number of carbonyl (C=O) groups excluding carboxylic acids is 2. The number of hydrogen-bond donors (Lipinski definition) is 3. The Labute approximate surface area is 181 Å². The van der Waals surface area contributed by atoms with Crippen LogP contribution in [0.2, 0.25) is 0 Å². The van der Waals surface area contributed by atoms with E-state index < -0.39 is 22.3 Å². The second-order valence-electron chi connectivity index (χ2n) is 5.47. The van der Waals surface area contributed by atoms with Crippen LogP contribution in [0.3, 0.4) is 0 Å². The molecule has 0 spiro atoms.